The van der Waals surface area contributed by atoms with Crippen molar-refractivity contribution in [1.82, 2.24) is 20.1 Å². The van der Waals surface area contributed by atoms with Crippen molar-refractivity contribution in [1.29, 1.82) is 0 Å². The van der Waals surface area contributed by atoms with Crippen molar-refractivity contribution in [3.8, 4) is 0 Å². The van der Waals surface area contributed by atoms with Crippen molar-refractivity contribution in [2.24, 2.45) is 7.05 Å². The lowest BCUT2D eigenvalue weighted by Crippen LogP contribution is -2.43. The number of carbonyl (C=O) groups excluding carboxylic acids is 2. The van der Waals surface area contributed by atoms with Crippen LogP contribution in [0.3, 0.4) is 0 Å². The number of nitrogens with one attached hydrogen (secondary N) is 2. The zero-order chi connectivity index (χ0) is 19.2. The standard InChI is InChI=1S/C20H25FN4O2/c1-24-10-4-5-17(24)18(25-11-2-3-12-25)14-23-20(27)19(26)22-13-15-6-8-16(21)9-7-15/h4-10,18H,2-3,11-14H2,1H3,(H,22,26)(H,23,27). The van der Waals surface area contributed by atoms with Gasteiger partial charge in [0.1, 0.15) is 5.82 Å². The average molecular weight is 372 g/mol. The van der Waals surface area contributed by atoms with E-state index in [4.69, 9.17) is 0 Å². The summed E-state index contributed by atoms with van der Waals surface area (Å²) in [5, 5.41) is 5.32. The number of carbonyl (C=O) groups is 2. The van der Waals surface area contributed by atoms with Gasteiger partial charge < -0.3 is 15.2 Å². The summed E-state index contributed by atoms with van der Waals surface area (Å²) in [6.45, 7) is 2.53. The maximum Gasteiger partial charge on any atom is 0.309 e. The van der Waals surface area contributed by atoms with E-state index < -0.39 is 11.8 Å². The Morgan fingerprint density at radius 1 is 1.07 bits per heavy atom. The van der Waals surface area contributed by atoms with E-state index in [1.807, 2.05) is 29.9 Å². The normalized spacial score (nSPS) is 15.5. The number of halogens is 1. The number of rotatable bonds is 6. The molecule has 2 heterocycles. The number of hydrogen-bond donors (Lipinski definition) is 2. The molecule has 0 saturated carbocycles. The predicted molar refractivity (Wildman–Crippen MR) is 100 cm³/mol. The lowest BCUT2D eigenvalue weighted by Gasteiger charge is -2.28. The first kappa shape index (κ1) is 19.1. The molecule has 1 aromatic heterocycles. The number of likely N-dealkylation sites (tertiary alicyclic amines) is 1. The third-order valence-corrected chi connectivity index (χ3v) is 4.94. The quantitative estimate of drug-likeness (QED) is 0.759. The monoisotopic (exact) mass is 372 g/mol. The number of aromatic nitrogens is 1. The van der Waals surface area contributed by atoms with Crippen LogP contribution in [0.1, 0.15) is 30.1 Å². The van der Waals surface area contributed by atoms with Crippen LogP contribution in [-0.4, -0.2) is 40.9 Å². The Hall–Kier alpha value is -2.67. The minimum Gasteiger partial charge on any atom is -0.353 e. The summed E-state index contributed by atoms with van der Waals surface area (Å²) in [6, 6.07) is 9.86. The Morgan fingerprint density at radius 3 is 2.37 bits per heavy atom. The van der Waals surface area contributed by atoms with Crippen LogP contribution < -0.4 is 10.6 Å². The Balaban J connectivity index is 1.54. The molecule has 1 aromatic carbocycles. The van der Waals surface area contributed by atoms with E-state index in [-0.39, 0.29) is 18.4 Å². The highest BCUT2D eigenvalue weighted by Gasteiger charge is 2.26. The fourth-order valence-electron chi connectivity index (χ4n) is 3.43. The van der Waals surface area contributed by atoms with Gasteiger partial charge in [0.15, 0.2) is 0 Å². The van der Waals surface area contributed by atoms with Crippen molar-refractivity contribution in [3.63, 3.8) is 0 Å². The van der Waals surface area contributed by atoms with Gasteiger partial charge in [-0.15, -0.1) is 0 Å². The summed E-state index contributed by atoms with van der Waals surface area (Å²) in [4.78, 5) is 26.6. The summed E-state index contributed by atoms with van der Waals surface area (Å²) in [5.74, 6) is -1.68. The molecule has 1 aliphatic heterocycles. The number of hydrogen-bond acceptors (Lipinski definition) is 3. The molecule has 7 heteroatoms. The van der Waals surface area contributed by atoms with Gasteiger partial charge in [0.2, 0.25) is 0 Å². The lowest BCUT2D eigenvalue weighted by atomic mass is 10.1. The molecule has 3 rings (SSSR count). The molecule has 0 radical (unpaired) electrons. The van der Waals surface area contributed by atoms with Gasteiger partial charge in [0, 0.05) is 32.0 Å². The summed E-state index contributed by atoms with van der Waals surface area (Å²) in [5.41, 5.74) is 1.85. The number of aryl methyl sites for hydroxylation is 1. The van der Waals surface area contributed by atoms with Gasteiger partial charge in [0.25, 0.3) is 0 Å². The molecule has 1 fully saturated rings. The molecule has 6 nitrogen and oxygen atoms in total. The molecule has 2 N–H and O–H groups in total. The number of nitrogens with zero attached hydrogens (tertiary/aromatic N) is 2. The lowest BCUT2D eigenvalue weighted by molar-refractivity contribution is -0.139. The van der Waals surface area contributed by atoms with Gasteiger partial charge in [-0.25, -0.2) is 4.39 Å². The van der Waals surface area contributed by atoms with Crippen LogP contribution >= 0.6 is 0 Å². The Labute approximate surface area is 158 Å². The maximum atomic E-state index is 12.9. The SMILES string of the molecule is Cn1cccc1C(CNC(=O)C(=O)NCc1ccc(F)cc1)N1CCCC1. The molecule has 27 heavy (non-hydrogen) atoms. The first-order chi connectivity index (χ1) is 13.0. The van der Waals surface area contributed by atoms with E-state index in [0.29, 0.717) is 6.54 Å². The van der Waals surface area contributed by atoms with Crippen LogP contribution in [0.25, 0.3) is 0 Å². The molecular weight excluding hydrogens is 347 g/mol. The molecule has 1 unspecified atom stereocenters. The predicted octanol–water partition coefficient (Wildman–Crippen LogP) is 1.73. The van der Waals surface area contributed by atoms with Crippen LogP contribution in [0.4, 0.5) is 4.39 Å². The smallest absolute Gasteiger partial charge is 0.309 e. The van der Waals surface area contributed by atoms with Crippen LogP contribution in [-0.2, 0) is 23.2 Å². The second-order valence-electron chi connectivity index (χ2n) is 6.82. The summed E-state index contributed by atoms with van der Waals surface area (Å²) >= 11 is 0. The van der Waals surface area contributed by atoms with Gasteiger partial charge in [-0.2, -0.15) is 0 Å². The fraction of sp³-hybridized carbons (Fsp3) is 0.400. The molecule has 2 amide bonds. The van der Waals surface area contributed by atoms with Gasteiger partial charge in [0.05, 0.1) is 6.04 Å². The van der Waals surface area contributed by atoms with Gasteiger partial charge in [-0.1, -0.05) is 12.1 Å². The largest absolute Gasteiger partial charge is 0.353 e. The number of benzene rings is 1. The zero-order valence-corrected chi connectivity index (χ0v) is 15.5. The molecule has 2 aromatic rings. The fourth-order valence-corrected chi connectivity index (χ4v) is 3.43. The van der Waals surface area contributed by atoms with Crippen LogP contribution in [0.2, 0.25) is 0 Å². The average Bonchev–Trinajstić information content (AvgIpc) is 3.34. The van der Waals surface area contributed by atoms with Gasteiger partial charge in [-0.3, -0.25) is 14.5 Å². The highest BCUT2D eigenvalue weighted by Crippen LogP contribution is 2.24. The maximum absolute atomic E-state index is 12.9. The van der Waals surface area contributed by atoms with E-state index in [2.05, 4.69) is 15.5 Å². The summed E-state index contributed by atoms with van der Waals surface area (Å²) in [7, 11) is 1.98. The van der Waals surface area contributed by atoms with E-state index in [9.17, 15) is 14.0 Å². The highest BCUT2D eigenvalue weighted by molar-refractivity contribution is 6.35. The molecule has 1 aliphatic rings. The molecule has 1 saturated heterocycles. The third kappa shape index (κ3) is 4.95. The third-order valence-electron chi connectivity index (χ3n) is 4.94. The minimum absolute atomic E-state index is 0.0429. The van der Waals surface area contributed by atoms with Crippen LogP contribution in [0, 0.1) is 5.82 Å². The van der Waals surface area contributed by atoms with Crippen molar-refractivity contribution in [3.05, 3.63) is 59.7 Å². The van der Waals surface area contributed by atoms with Crippen molar-refractivity contribution < 1.29 is 14.0 Å². The first-order valence-electron chi connectivity index (χ1n) is 9.20. The Morgan fingerprint density at radius 2 is 1.74 bits per heavy atom. The Bertz CT molecular complexity index is 782. The highest BCUT2D eigenvalue weighted by atomic mass is 19.1. The molecule has 0 spiro atoms. The van der Waals surface area contributed by atoms with E-state index >= 15 is 0 Å². The molecule has 0 aliphatic carbocycles. The van der Waals surface area contributed by atoms with E-state index in [1.165, 1.54) is 12.1 Å². The second-order valence-corrected chi connectivity index (χ2v) is 6.82. The summed E-state index contributed by atoms with van der Waals surface area (Å²) < 4.78 is 15.0. The van der Waals surface area contributed by atoms with Crippen molar-refractivity contribution >= 4 is 11.8 Å². The molecular formula is C20H25FN4O2. The minimum atomic E-state index is -0.689. The second kappa shape index (κ2) is 8.81. The molecule has 144 valence electrons. The van der Waals surface area contributed by atoms with Crippen molar-refractivity contribution in [2.75, 3.05) is 19.6 Å². The van der Waals surface area contributed by atoms with Crippen molar-refractivity contribution in [2.45, 2.75) is 25.4 Å². The van der Waals surface area contributed by atoms with E-state index in [0.717, 1.165) is 37.2 Å². The van der Waals surface area contributed by atoms with E-state index in [1.54, 1.807) is 12.1 Å². The van der Waals surface area contributed by atoms with Gasteiger partial charge in [-0.05, 0) is 55.8 Å². The number of amides is 2. The van der Waals surface area contributed by atoms with Crippen LogP contribution in [0.15, 0.2) is 42.6 Å². The molecule has 0 bridgehead atoms. The van der Waals surface area contributed by atoms with Gasteiger partial charge >= 0.3 is 11.8 Å². The Kier molecular flexibility index (Phi) is 6.24. The topological polar surface area (TPSA) is 66.4 Å². The first-order valence-corrected chi connectivity index (χ1v) is 9.20. The zero-order valence-electron chi connectivity index (χ0n) is 15.5. The molecule has 1 atom stereocenters. The summed E-state index contributed by atoms with van der Waals surface area (Å²) in [6.07, 6.45) is 4.27. The van der Waals surface area contributed by atoms with Crippen LogP contribution in [0.5, 0.6) is 0 Å².